The lowest BCUT2D eigenvalue weighted by Crippen LogP contribution is -2.24. The molecule has 0 saturated heterocycles. The van der Waals surface area contributed by atoms with Crippen LogP contribution in [0.25, 0.3) is 11.3 Å². The summed E-state index contributed by atoms with van der Waals surface area (Å²) >= 11 is 12.5. The van der Waals surface area contributed by atoms with Crippen molar-refractivity contribution in [3.63, 3.8) is 0 Å². The molecular formula is C24H25Cl2N5O4. The maximum atomic E-state index is 11.3. The number of allylic oxidation sites excluding steroid dienone is 1. The lowest BCUT2D eigenvalue weighted by atomic mass is 10.1. The average Bonchev–Trinajstić information content (AvgIpc) is 3.25. The zero-order chi connectivity index (χ0) is 25.8. The summed E-state index contributed by atoms with van der Waals surface area (Å²) in [4.78, 5) is 30.2. The summed E-state index contributed by atoms with van der Waals surface area (Å²) in [7, 11) is 1.76. The molecule has 0 bridgehead atoms. The number of aromatic nitrogens is 3. The van der Waals surface area contributed by atoms with E-state index in [0.717, 1.165) is 5.56 Å². The number of aliphatic imine (C=N–C) groups is 1. The van der Waals surface area contributed by atoms with E-state index in [2.05, 4.69) is 19.9 Å². The van der Waals surface area contributed by atoms with Crippen LogP contribution >= 0.6 is 23.2 Å². The van der Waals surface area contributed by atoms with Gasteiger partial charge in [-0.2, -0.15) is 4.99 Å². The topological polar surface area (TPSA) is 114 Å². The molecule has 0 amide bonds. The number of aryl methyl sites for hydroxylation is 1. The Kier molecular flexibility index (Phi) is 8.26. The van der Waals surface area contributed by atoms with Crippen molar-refractivity contribution in [3.05, 3.63) is 70.1 Å². The minimum Gasteiger partial charge on any atom is -0.470 e. The Bertz CT molecular complexity index is 1280. The van der Waals surface area contributed by atoms with Crippen LogP contribution < -0.4 is 4.90 Å². The fraction of sp³-hybridized carbons (Fsp3) is 0.292. The summed E-state index contributed by atoms with van der Waals surface area (Å²) in [6.07, 6.45) is 3.49. The van der Waals surface area contributed by atoms with E-state index in [1.807, 2.05) is 12.1 Å². The third-order valence-corrected chi connectivity index (χ3v) is 5.46. The molecular weight excluding hydrogens is 493 g/mol. The number of ether oxygens (including phenoxy) is 1. The summed E-state index contributed by atoms with van der Waals surface area (Å²) in [5.74, 6) is 1.18. The number of halogens is 2. The van der Waals surface area contributed by atoms with Crippen LogP contribution in [0.4, 0.5) is 5.69 Å². The van der Waals surface area contributed by atoms with Gasteiger partial charge >= 0.3 is 0 Å². The standard InChI is InChI=1S/C24H25Cl2N5O4/c1-14(28-22(19(26)11-32)35-13-17-12-34-15(2)29-17)31(5)21-10-16(6-7-18(21)25)20-8-9-27-23(30-20)24(3,4)33/h6-12,33H,13H2,1-5H3/b22-19-,28-14-. The van der Waals surface area contributed by atoms with Gasteiger partial charge in [0, 0.05) is 25.7 Å². The number of amidine groups is 1. The maximum absolute atomic E-state index is 11.3. The Morgan fingerprint density at radius 1 is 1.31 bits per heavy atom. The van der Waals surface area contributed by atoms with E-state index in [9.17, 15) is 9.90 Å². The number of aliphatic hydroxyl groups is 1. The van der Waals surface area contributed by atoms with Gasteiger partial charge in [-0.15, -0.1) is 0 Å². The molecule has 0 aliphatic rings. The zero-order valence-electron chi connectivity index (χ0n) is 19.9. The summed E-state index contributed by atoms with van der Waals surface area (Å²) < 4.78 is 10.8. The molecule has 11 heteroatoms. The number of hydrogen-bond acceptors (Lipinski definition) is 8. The number of nitrogens with zero attached hydrogens (tertiary/aromatic N) is 5. The Labute approximate surface area is 213 Å². The summed E-state index contributed by atoms with van der Waals surface area (Å²) in [5.41, 5.74) is 1.35. The van der Waals surface area contributed by atoms with Crippen molar-refractivity contribution in [2.45, 2.75) is 39.9 Å². The molecule has 0 aliphatic carbocycles. The number of carbonyl (C=O) groups is 1. The van der Waals surface area contributed by atoms with Gasteiger partial charge in [-0.1, -0.05) is 29.3 Å². The first-order valence-corrected chi connectivity index (χ1v) is 11.3. The molecule has 0 spiro atoms. The summed E-state index contributed by atoms with van der Waals surface area (Å²) in [6, 6.07) is 7.13. The van der Waals surface area contributed by atoms with Crippen LogP contribution in [0.15, 0.2) is 57.1 Å². The molecule has 35 heavy (non-hydrogen) atoms. The predicted octanol–water partition coefficient (Wildman–Crippen LogP) is 5.00. The number of oxazole rings is 1. The fourth-order valence-corrected chi connectivity index (χ4v) is 3.30. The highest BCUT2D eigenvalue weighted by molar-refractivity contribution is 6.39. The van der Waals surface area contributed by atoms with E-state index in [0.29, 0.717) is 45.9 Å². The van der Waals surface area contributed by atoms with Crippen molar-refractivity contribution in [1.29, 1.82) is 0 Å². The third kappa shape index (κ3) is 6.66. The third-order valence-electron chi connectivity index (χ3n) is 4.89. The Morgan fingerprint density at radius 2 is 2.06 bits per heavy atom. The van der Waals surface area contributed by atoms with Crippen molar-refractivity contribution in [3.8, 4) is 11.3 Å². The lowest BCUT2D eigenvalue weighted by Gasteiger charge is -2.22. The van der Waals surface area contributed by atoms with E-state index < -0.39 is 5.60 Å². The highest BCUT2D eigenvalue weighted by Crippen LogP contribution is 2.31. The van der Waals surface area contributed by atoms with Gasteiger partial charge in [0.2, 0.25) is 5.88 Å². The Morgan fingerprint density at radius 3 is 2.69 bits per heavy atom. The summed E-state index contributed by atoms with van der Waals surface area (Å²) in [6.45, 7) is 6.69. The molecule has 2 aromatic heterocycles. The predicted molar refractivity (Wildman–Crippen MR) is 134 cm³/mol. The van der Waals surface area contributed by atoms with Crippen molar-refractivity contribution in [2.75, 3.05) is 11.9 Å². The molecule has 3 aromatic rings. The molecule has 3 rings (SSSR count). The van der Waals surface area contributed by atoms with Gasteiger partial charge in [-0.3, -0.25) is 4.79 Å². The number of carbonyl (C=O) groups excluding carboxylic acids is 1. The number of aldehydes is 1. The molecule has 9 nitrogen and oxygen atoms in total. The molecule has 0 aliphatic heterocycles. The van der Waals surface area contributed by atoms with E-state index in [4.69, 9.17) is 32.4 Å². The van der Waals surface area contributed by atoms with Gasteiger partial charge in [0.25, 0.3) is 0 Å². The number of rotatable bonds is 8. The largest absolute Gasteiger partial charge is 0.470 e. The van der Waals surface area contributed by atoms with Gasteiger partial charge in [0.1, 0.15) is 35.0 Å². The highest BCUT2D eigenvalue weighted by Gasteiger charge is 2.20. The second-order valence-electron chi connectivity index (χ2n) is 8.13. The van der Waals surface area contributed by atoms with Crippen molar-refractivity contribution in [2.24, 2.45) is 4.99 Å². The van der Waals surface area contributed by atoms with E-state index in [1.54, 1.807) is 58.0 Å². The molecule has 184 valence electrons. The van der Waals surface area contributed by atoms with Gasteiger partial charge in [-0.25, -0.2) is 15.0 Å². The SMILES string of the molecule is C/C(=N/C(OCc1coc(C)n1)=C(/Cl)C=O)N(C)c1cc(-c2ccnc(C(C)(C)O)n2)ccc1Cl. The zero-order valence-corrected chi connectivity index (χ0v) is 21.4. The summed E-state index contributed by atoms with van der Waals surface area (Å²) in [5, 5.41) is 10.5. The van der Waals surface area contributed by atoms with Gasteiger partial charge in [-0.05, 0) is 39.0 Å². The average molecular weight is 518 g/mol. The maximum Gasteiger partial charge on any atom is 0.238 e. The minimum absolute atomic E-state index is 0.0186. The van der Waals surface area contributed by atoms with Crippen LogP contribution in [0.1, 0.15) is 38.2 Å². The molecule has 0 fully saturated rings. The van der Waals surface area contributed by atoms with Crippen molar-refractivity contribution >= 4 is 41.0 Å². The van der Waals surface area contributed by atoms with Crippen LogP contribution in [0.2, 0.25) is 5.02 Å². The van der Waals surface area contributed by atoms with Gasteiger partial charge in [0.05, 0.1) is 16.4 Å². The van der Waals surface area contributed by atoms with Crippen LogP contribution in [0, 0.1) is 6.92 Å². The minimum atomic E-state index is -1.18. The van der Waals surface area contributed by atoms with Crippen molar-refractivity contribution in [1.82, 2.24) is 15.0 Å². The van der Waals surface area contributed by atoms with Gasteiger partial charge < -0.3 is 19.2 Å². The molecule has 0 atom stereocenters. The first-order valence-electron chi connectivity index (χ1n) is 10.5. The number of benzene rings is 1. The van der Waals surface area contributed by atoms with Gasteiger partial charge in [0.15, 0.2) is 18.0 Å². The number of anilines is 1. The second kappa shape index (κ2) is 11.0. The number of hydrogen-bond donors (Lipinski definition) is 1. The molecule has 1 N–H and O–H groups in total. The van der Waals surface area contributed by atoms with Crippen LogP contribution in [-0.2, 0) is 21.7 Å². The van der Waals surface area contributed by atoms with Crippen LogP contribution in [0.5, 0.6) is 0 Å². The lowest BCUT2D eigenvalue weighted by molar-refractivity contribution is -0.104. The first-order chi connectivity index (χ1) is 16.5. The Hall–Kier alpha value is -3.27. The molecule has 0 saturated carbocycles. The van der Waals surface area contributed by atoms with E-state index in [1.165, 1.54) is 6.26 Å². The quantitative estimate of drug-likeness (QED) is 0.146. The van der Waals surface area contributed by atoms with Crippen molar-refractivity contribution < 1.29 is 19.1 Å². The first kappa shape index (κ1) is 26.3. The smallest absolute Gasteiger partial charge is 0.238 e. The highest BCUT2D eigenvalue weighted by atomic mass is 35.5. The monoisotopic (exact) mass is 517 g/mol. The van der Waals surface area contributed by atoms with Crippen LogP contribution in [-0.4, -0.2) is 39.2 Å². The van der Waals surface area contributed by atoms with E-state index in [-0.39, 0.29) is 17.5 Å². The normalized spacial score (nSPS) is 12.9. The molecule has 2 heterocycles. The van der Waals surface area contributed by atoms with Crippen LogP contribution in [0.3, 0.4) is 0 Å². The fourth-order valence-electron chi connectivity index (χ4n) is 2.96. The second-order valence-corrected chi connectivity index (χ2v) is 8.94. The Balaban J connectivity index is 1.90. The molecule has 1 aromatic carbocycles. The molecule has 0 unspecified atom stereocenters. The molecule has 0 radical (unpaired) electrons. The van der Waals surface area contributed by atoms with E-state index >= 15 is 0 Å².